The third-order valence-electron chi connectivity index (χ3n) is 6.00. The molecule has 2 aromatic rings. The Hall–Kier alpha value is -1.88. The summed E-state index contributed by atoms with van der Waals surface area (Å²) in [5.74, 6) is 4.31. The topological polar surface area (TPSA) is 79.6 Å². The van der Waals surface area contributed by atoms with Crippen LogP contribution in [0.4, 0.5) is 0 Å². The van der Waals surface area contributed by atoms with Crippen LogP contribution >= 0.6 is 24.0 Å². The highest BCUT2D eigenvalue weighted by atomic mass is 127. The van der Waals surface area contributed by atoms with E-state index in [2.05, 4.69) is 32.7 Å². The lowest BCUT2D eigenvalue weighted by molar-refractivity contribution is 0.191. The summed E-state index contributed by atoms with van der Waals surface area (Å²) in [5, 5.41) is 15.3. The minimum atomic E-state index is 0. The number of nitrogens with one attached hydrogen (secondary N) is 2. The van der Waals surface area contributed by atoms with Crippen molar-refractivity contribution >= 4 is 29.9 Å². The molecule has 0 bridgehead atoms. The van der Waals surface area contributed by atoms with Gasteiger partial charge in [-0.25, -0.2) is 4.99 Å². The number of likely N-dealkylation sites (tertiary alicyclic amines) is 1. The van der Waals surface area contributed by atoms with Crippen LogP contribution in [0.25, 0.3) is 0 Å². The average Bonchev–Trinajstić information content (AvgIpc) is 3.11. The van der Waals surface area contributed by atoms with Gasteiger partial charge in [-0.1, -0.05) is 19.1 Å². The van der Waals surface area contributed by atoms with Gasteiger partial charge < -0.3 is 24.8 Å². The molecule has 3 rings (SSSR count). The van der Waals surface area contributed by atoms with E-state index < -0.39 is 0 Å². The number of aromatic nitrogens is 3. The maximum atomic E-state index is 5.24. The van der Waals surface area contributed by atoms with Crippen molar-refractivity contribution in [3.8, 4) is 5.75 Å². The molecule has 0 aliphatic carbocycles. The quantitative estimate of drug-likeness (QED) is 0.214. The Morgan fingerprint density at radius 3 is 2.50 bits per heavy atom. The molecule has 1 aliphatic rings. The summed E-state index contributed by atoms with van der Waals surface area (Å²) in [6.07, 6.45) is 3.74. The molecule has 9 heteroatoms. The van der Waals surface area contributed by atoms with Gasteiger partial charge in [-0.05, 0) is 69.4 Å². The molecule has 2 heterocycles. The molecule has 0 atom stereocenters. The van der Waals surface area contributed by atoms with E-state index in [0.717, 1.165) is 54.3 Å². The van der Waals surface area contributed by atoms with Crippen LogP contribution in [0.15, 0.2) is 29.3 Å². The van der Waals surface area contributed by atoms with Crippen LogP contribution in [0.3, 0.4) is 0 Å². The lowest BCUT2D eigenvalue weighted by Crippen LogP contribution is -2.40. The maximum Gasteiger partial charge on any atom is 0.191 e. The van der Waals surface area contributed by atoms with Gasteiger partial charge in [0.2, 0.25) is 0 Å². The summed E-state index contributed by atoms with van der Waals surface area (Å²) < 4.78 is 7.23. The second kappa shape index (κ2) is 13.6. The van der Waals surface area contributed by atoms with Gasteiger partial charge in [-0.3, -0.25) is 0 Å². The van der Waals surface area contributed by atoms with Gasteiger partial charge in [0.05, 0.1) is 20.2 Å². The monoisotopic (exact) mass is 555 g/mol. The number of hydrogen-bond acceptors (Lipinski definition) is 5. The van der Waals surface area contributed by atoms with Crippen LogP contribution in [0.1, 0.15) is 43.4 Å². The van der Waals surface area contributed by atoms with Gasteiger partial charge in [0.1, 0.15) is 11.6 Å². The van der Waals surface area contributed by atoms with Crippen molar-refractivity contribution in [3.63, 3.8) is 0 Å². The van der Waals surface area contributed by atoms with Crippen molar-refractivity contribution in [3.05, 3.63) is 41.5 Å². The molecule has 0 amide bonds. The number of piperidine rings is 1. The van der Waals surface area contributed by atoms with Crippen LogP contribution in [0.2, 0.25) is 0 Å². The Morgan fingerprint density at radius 2 is 1.88 bits per heavy atom. The zero-order valence-electron chi connectivity index (χ0n) is 19.8. The van der Waals surface area contributed by atoms with Gasteiger partial charge in [-0.15, -0.1) is 34.2 Å². The molecule has 1 aromatic heterocycles. The Kier molecular flexibility index (Phi) is 11.2. The predicted octanol–water partition coefficient (Wildman–Crippen LogP) is 3.11. The molecule has 0 unspecified atom stereocenters. The van der Waals surface area contributed by atoms with Crippen LogP contribution in [-0.4, -0.2) is 58.9 Å². The Bertz CT molecular complexity index is 829. The number of aryl methyl sites for hydroxylation is 1. The first-order valence-corrected chi connectivity index (χ1v) is 11.3. The van der Waals surface area contributed by atoms with Gasteiger partial charge in [-0.2, -0.15) is 0 Å². The molecule has 1 saturated heterocycles. The SMILES string of the molecule is COc1ccc(CN=C(NCCCN2CCC(C)CC2)NCc2nnc(C)n2C)cc1.I. The Morgan fingerprint density at radius 1 is 1.16 bits per heavy atom. The van der Waals surface area contributed by atoms with Crippen molar-refractivity contribution < 1.29 is 4.74 Å². The maximum absolute atomic E-state index is 5.24. The molecule has 2 N–H and O–H groups in total. The molecule has 32 heavy (non-hydrogen) atoms. The van der Waals surface area contributed by atoms with Crippen LogP contribution in [0, 0.1) is 12.8 Å². The standard InChI is InChI=1S/C23H37N7O.HI/c1-18-10-14-30(15-11-18)13-5-12-24-23(26-17-22-28-27-19(2)29(22)3)25-16-20-6-8-21(31-4)9-7-20;/h6-9,18H,5,10-17H2,1-4H3,(H2,24,25,26);1H. The summed E-state index contributed by atoms with van der Waals surface area (Å²) in [6.45, 7) is 9.96. The van der Waals surface area contributed by atoms with Crippen molar-refractivity contribution in [1.82, 2.24) is 30.3 Å². The van der Waals surface area contributed by atoms with Crippen molar-refractivity contribution in [1.29, 1.82) is 0 Å². The molecule has 1 fully saturated rings. The molecule has 1 aliphatic heterocycles. The first-order valence-electron chi connectivity index (χ1n) is 11.3. The van der Waals surface area contributed by atoms with Crippen LogP contribution in [-0.2, 0) is 20.1 Å². The molecular formula is C23H38IN7O. The smallest absolute Gasteiger partial charge is 0.191 e. The van der Waals surface area contributed by atoms with E-state index in [1.165, 1.54) is 25.9 Å². The first-order chi connectivity index (χ1) is 15.0. The second-order valence-corrected chi connectivity index (χ2v) is 8.39. The molecule has 0 radical (unpaired) electrons. The molecule has 0 spiro atoms. The molecule has 8 nitrogen and oxygen atoms in total. The van der Waals surface area contributed by atoms with E-state index in [1.54, 1.807) is 7.11 Å². The zero-order valence-corrected chi connectivity index (χ0v) is 22.1. The van der Waals surface area contributed by atoms with Crippen molar-refractivity contribution in [2.45, 2.75) is 46.2 Å². The summed E-state index contributed by atoms with van der Waals surface area (Å²) in [4.78, 5) is 7.35. The predicted molar refractivity (Wildman–Crippen MR) is 140 cm³/mol. The van der Waals surface area contributed by atoms with Gasteiger partial charge in [0, 0.05) is 13.6 Å². The third-order valence-corrected chi connectivity index (χ3v) is 6.00. The van der Waals surface area contributed by atoms with Crippen molar-refractivity contribution in [2.24, 2.45) is 18.0 Å². The minimum absolute atomic E-state index is 0. The number of methoxy groups -OCH3 is 1. The van der Waals surface area contributed by atoms with E-state index in [-0.39, 0.29) is 24.0 Å². The lowest BCUT2D eigenvalue weighted by atomic mass is 9.99. The highest BCUT2D eigenvalue weighted by Gasteiger charge is 2.14. The molecule has 178 valence electrons. The molecular weight excluding hydrogens is 517 g/mol. The number of halogens is 1. The third kappa shape index (κ3) is 8.23. The van der Waals surface area contributed by atoms with E-state index >= 15 is 0 Å². The Balaban J connectivity index is 0.00000363. The van der Waals surface area contributed by atoms with Crippen molar-refractivity contribution in [2.75, 3.05) is 33.3 Å². The number of benzene rings is 1. The number of hydrogen-bond donors (Lipinski definition) is 2. The zero-order chi connectivity index (χ0) is 22.1. The highest BCUT2D eigenvalue weighted by Crippen LogP contribution is 2.15. The number of rotatable bonds is 9. The number of aliphatic imine (C=N–C) groups is 1. The Labute approximate surface area is 209 Å². The summed E-state index contributed by atoms with van der Waals surface area (Å²) >= 11 is 0. The average molecular weight is 556 g/mol. The van der Waals surface area contributed by atoms with Gasteiger partial charge in [0.15, 0.2) is 11.8 Å². The highest BCUT2D eigenvalue weighted by molar-refractivity contribution is 14.0. The van der Waals surface area contributed by atoms with Gasteiger partial charge in [0.25, 0.3) is 0 Å². The molecule has 0 saturated carbocycles. The minimum Gasteiger partial charge on any atom is -0.497 e. The number of ether oxygens (including phenoxy) is 1. The number of guanidine groups is 1. The normalized spacial score (nSPS) is 15.3. The molecule has 1 aromatic carbocycles. The fourth-order valence-corrected chi connectivity index (χ4v) is 3.64. The number of nitrogens with zero attached hydrogens (tertiary/aromatic N) is 5. The largest absolute Gasteiger partial charge is 0.497 e. The summed E-state index contributed by atoms with van der Waals surface area (Å²) in [5.41, 5.74) is 1.14. The van der Waals surface area contributed by atoms with Crippen LogP contribution in [0.5, 0.6) is 5.75 Å². The second-order valence-electron chi connectivity index (χ2n) is 8.39. The fourth-order valence-electron chi connectivity index (χ4n) is 3.64. The lowest BCUT2D eigenvalue weighted by Gasteiger charge is -2.30. The van der Waals surface area contributed by atoms with Gasteiger partial charge >= 0.3 is 0 Å². The van der Waals surface area contributed by atoms with E-state index in [1.807, 2.05) is 42.8 Å². The summed E-state index contributed by atoms with van der Waals surface area (Å²) in [7, 11) is 3.66. The van der Waals surface area contributed by atoms with Crippen LogP contribution < -0.4 is 15.4 Å². The first kappa shape index (κ1) is 26.4. The summed E-state index contributed by atoms with van der Waals surface area (Å²) in [6, 6.07) is 8.02. The van der Waals surface area contributed by atoms with E-state index in [4.69, 9.17) is 9.73 Å². The van der Waals surface area contributed by atoms with E-state index in [9.17, 15) is 0 Å². The fraction of sp³-hybridized carbons (Fsp3) is 0.609. The van der Waals surface area contributed by atoms with E-state index in [0.29, 0.717) is 13.1 Å².